The summed E-state index contributed by atoms with van der Waals surface area (Å²) in [5.74, 6) is 0. The molecular weight excluding hydrogens is 682 g/mol. The number of nitrogens with zero attached hydrogens (tertiary/aromatic N) is 8. The van der Waals surface area contributed by atoms with E-state index in [2.05, 4.69) is 14.5 Å². The molecule has 2 aliphatic carbocycles. The molecule has 0 amide bonds. The third-order valence-corrected chi connectivity index (χ3v) is 8.22. The Morgan fingerprint density at radius 2 is 1.02 bits per heavy atom. The number of halogens is 6. The predicted molar refractivity (Wildman–Crippen MR) is 172 cm³/mol. The van der Waals surface area contributed by atoms with Gasteiger partial charge in [0.1, 0.15) is 12.1 Å². The van der Waals surface area contributed by atoms with E-state index in [0.717, 1.165) is 0 Å². The normalized spacial score (nSPS) is 15.1. The zero-order valence-electron chi connectivity index (χ0n) is 26.3. The highest BCUT2D eigenvalue weighted by atomic mass is 19.4. The highest BCUT2D eigenvalue weighted by Gasteiger charge is 2.44. The van der Waals surface area contributed by atoms with Gasteiger partial charge in [0.05, 0.1) is 65.8 Å². The van der Waals surface area contributed by atoms with Crippen molar-refractivity contribution in [1.82, 2.24) is 0 Å². The molecule has 5 rings (SSSR count). The van der Waals surface area contributed by atoms with Gasteiger partial charge in [-0.2, -0.15) is 42.1 Å². The molecule has 8 nitrogen and oxygen atoms in total. The number of benzene rings is 3. The largest absolute Gasteiger partial charge is 0.416 e. The van der Waals surface area contributed by atoms with E-state index in [1.165, 1.54) is 6.07 Å². The van der Waals surface area contributed by atoms with Gasteiger partial charge >= 0.3 is 12.4 Å². The highest BCUT2D eigenvalue weighted by molar-refractivity contribution is 6.31. The van der Waals surface area contributed by atoms with Crippen LogP contribution in [0.2, 0.25) is 0 Å². The molecule has 0 aromatic heterocycles. The fourth-order valence-electron chi connectivity index (χ4n) is 6.46. The number of hydrogen-bond acceptors (Lipinski definition) is 5. The van der Waals surface area contributed by atoms with Gasteiger partial charge in [0.15, 0.2) is 0 Å². The maximum Gasteiger partial charge on any atom is 0.416 e. The molecule has 0 aliphatic heterocycles. The second-order valence-corrected chi connectivity index (χ2v) is 11.2. The van der Waals surface area contributed by atoms with Crippen molar-refractivity contribution in [2.75, 3.05) is 0 Å². The number of alkyl halides is 6. The molecule has 0 saturated heterocycles. The van der Waals surface area contributed by atoms with Crippen LogP contribution in [0.15, 0.2) is 47.8 Å². The molecule has 0 fully saturated rings. The summed E-state index contributed by atoms with van der Waals surface area (Å²) in [6, 6.07) is 14.0. The summed E-state index contributed by atoms with van der Waals surface area (Å²) in [6.07, 6.45) is -10.7. The molecule has 0 saturated carbocycles. The number of rotatable bonds is 2. The van der Waals surface area contributed by atoms with Crippen LogP contribution in [0.4, 0.5) is 26.3 Å². The summed E-state index contributed by atoms with van der Waals surface area (Å²) in [4.78, 5) is 10.0. The van der Waals surface area contributed by atoms with Gasteiger partial charge in [-0.1, -0.05) is 29.3 Å². The average Bonchev–Trinajstić information content (AvgIpc) is 3.61. The van der Waals surface area contributed by atoms with Crippen molar-refractivity contribution >= 4 is 33.6 Å². The van der Waals surface area contributed by atoms with Crippen molar-refractivity contribution in [3.63, 3.8) is 0 Å². The van der Waals surface area contributed by atoms with Gasteiger partial charge in [0.2, 0.25) is 5.70 Å². The average molecular weight is 695 g/mol. The highest BCUT2D eigenvalue weighted by Crippen LogP contribution is 2.59. The van der Waals surface area contributed by atoms with E-state index in [4.69, 9.17) is 19.7 Å². The lowest BCUT2D eigenvalue weighted by molar-refractivity contribution is -0.143. The summed E-state index contributed by atoms with van der Waals surface area (Å²) in [6.45, 7) is 27.1. The van der Waals surface area contributed by atoms with E-state index in [-0.39, 0.29) is 46.2 Å². The molecule has 3 aromatic rings. The molecule has 0 atom stereocenters. The topological polar surface area (TPSA) is 132 Å². The maximum atomic E-state index is 14.0. The Labute approximate surface area is 291 Å². The minimum Gasteiger partial charge on any atom is -0.237 e. The molecule has 2 aliphatic rings. The fourth-order valence-corrected chi connectivity index (χ4v) is 6.46. The van der Waals surface area contributed by atoms with Crippen LogP contribution >= 0.6 is 0 Å². The van der Waals surface area contributed by atoms with Crippen molar-refractivity contribution in [3.8, 4) is 30.3 Å². The standard InChI is InChI=1S/C38H12F6N8/c1-17-6-18(2)8-19(7-17)29-35(27(16-49)51-4)32-24(13-46)30-23(12-45)28(20-9-21(37(39,40)41)11-22(10-20)38(42,43)44)34(26(15-48)50-3)31(30)25(14-47)33(32)36(29)52-5/h6-11H,1-2H3/b34-26-,35-27+. The van der Waals surface area contributed by atoms with Crippen LogP contribution in [-0.4, -0.2) is 0 Å². The van der Waals surface area contributed by atoms with Crippen LogP contribution in [-0.2, 0) is 12.4 Å². The minimum atomic E-state index is -5.35. The van der Waals surface area contributed by atoms with Gasteiger partial charge in [0, 0.05) is 16.7 Å². The van der Waals surface area contributed by atoms with Gasteiger partial charge < -0.3 is 0 Å². The molecule has 246 valence electrons. The Balaban J connectivity index is 2.12. The lowest BCUT2D eigenvalue weighted by atomic mass is 9.83. The van der Waals surface area contributed by atoms with Gasteiger partial charge in [-0.05, 0) is 71.0 Å². The zero-order chi connectivity index (χ0) is 38.4. The third-order valence-electron chi connectivity index (χ3n) is 8.22. The van der Waals surface area contributed by atoms with Crippen LogP contribution in [0.3, 0.4) is 0 Å². The molecule has 0 radical (unpaired) electrons. The van der Waals surface area contributed by atoms with E-state index in [1.807, 2.05) is 12.1 Å². The molecular formula is C38H12F6N8. The van der Waals surface area contributed by atoms with E-state index >= 15 is 0 Å². The first kappa shape index (κ1) is 35.4. The van der Waals surface area contributed by atoms with Crippen LogP contribution in [0.25, 0.3) is 48.1 Å². The smallest absolute Gasteiger partial charge is 0.237 e. The van der Waals surface area contributed by atoms with Crippen molar-refractivity contribution in [1.29, 1.82) is 26.3 Å². The summed E-state index contributed by atoms with van der Waals surface area (Å²) >= 11 is 0. The van der Waals surface area contributed by atoms with Gasteiger partial charge in [0.25, 0.3) is 11.4 Å². The second-order valence-electron chi connectivity index (χ2n) is 11.2. The number of aryl methyl sites for hydroxylation is 2. The lowest BCUT2D eigenvalue weighted by Gasteiger charge is -2.17. The Morgan fingerprint density at radius 3 is 1.42 bits per heavy atom. The monoisotopic (exact) mass is 694 g/mol. The van der Waals surface area contributed by atoms with Crippen molar-refractivity contribution in [2.45, 2.75) is 26.2 Å². The van der Waals surface area contributed by atoms with Crippen LogP contribution < -0.4 is 0 Å². The summed E-state index contributed by atoms with van der Waals surface area (Å²) in [5, 5.41) is 52.1. The van der Waals surface area contributed by atoms with Crippen LogP contribution in [0.1, 0.15) is 66.8 Å². The minimum absolute atomic E-state index is 0.0346. The molecule has 0 N–H and O–H groups in total. The lowest BCUT2D eigenvalue weighted by Crippen LogP contribution is -2.12. The van der Waals surface area contributed by atoms with E-state index < -0.39 is 79.4 Å². The Morgan fingerprint density at radius 1 is 0.577 bits per heavy atom. The second kappa shape index (κ2) is 12.5. The molecule has 0 heterocycles. The first-order valence-corrected chi connectivity index (χ1v) is 14.3. The molecule has 52 heavy (non-hydrogen) atoms. The Hall–Kier alpha value is -7.88. The first-order valence-electron chi connectivity index (χ1n) is 14.3. The van der Waals surface area contributed by atoms with Crippen molar-refractivity contribution in [3.05, 3.63) is 149 Å². The third kappa shape index (κ3) is 5.28. The first-order chi connectivity index (χ1) is 24.6. The summed E-state index contributed by atoms with van der Waals surface area (Å²) < 4.78 is 84.0. The number of allylic oxidation sites excluding steroid dienone is 7. The molecule has 0 bridgehead atoms. The molecule has 14 heteroatoms. The number of hydrogen-bond donors (Lipinski definition) is 0. The Bertz CT molecular complexity index is 2610. The maximum absolute atomic E-state index is 14.0. The van der Waals surface area contributed by atoms with Gasteiger partial charge in [-0.15, -0.1) is 0 Å². The van der Waals surface area contributed by atoms with E-state index in [1.54, 1.807) is 44.2 Å². The van der Waals surface area contributed by atoms with Crippen molar-refractivity contribution in [2.24, 2.45) is 0 Å². The van der Waals surface area contributed by atoms with E-state index in [9.17, 15) is 52.7 Å². The van der Waals surface area contributed by atoms with E-state index in [0.29, 0.717) is 16.7 Å². The summed E-state index contributed by atoms with van der Waals surface area (Å²) in [5.41, 5.74) is -10.3. The van der Waals surface area contributed by atoms with Gasteiger partial charge in [-0.25, -0.2) is 25.1 Å². The summed E-state index contributed by atoms with van der Waals surface area (Å²) in [7, 11) is 0. The molecule has 0 unspecified atom stereocenters. The van der Waals surface area contributed by atoms with Crippen LogP contribution in [0, 0.1) is 90.2 Å². The zero-order valence-corrected chi connectivity index (χ0v) is 26.3. The Kier molecular flexibility index (Phi) is 8.54. The molecule has 0 spiro atoms. The van der Waals surface area contributed by atoms with Crippen LogP contribution in [0.5, 0.6) is 0 Å². The predicted octanol–water partition coefficient (Wildman–Crippen LogP) is 9.64. The quantitative estimate of drug-likeness (QED) is 0.150. The molecule has 3 aromatic carbocycles. The SMILES string of the molecule is [C-]#[N+]C1=C(c2cc(C)cc(C)c2)/C(=C(/C#N)[N+]#[C-])c2c(C#N)c3c(c(C#N)c21)/C(=C(/C#N)[N+]#[C-])C(c1cc(C(F)(F)F)cc(C(F)(F)F)c1)=C3C#N. The fraction of sp³-hybridized carbons (Fsp3) is 0.105. The van der Waals surface area contributed by atoms with Crippen molar-refractivity contribution < 1.29 is 26.3 Å². The number of nitriles is 5. The van der Waals surface area contributed by atoms with Gasteiger partial charge in [-0.3, -0.25) is 0 Å². The number of fused-ring (bicyclic) bond motifs is 2.